The lowest BCUT2D eigenvalue weighted by Crippen LogP contribution is -2.06. The largest absolute Gasteiger partial charge is 0.392 e. The van der Waals surface area contributed by atoms with Crippen LogP contribution in [0.5, 0.6) is 0 Å². The van der Waals surface area contributed by atoms with Crippen LogP contribution in [-0.2, 0) is 13.2 Å². The molecule has 0 fully saturated rings. The molecule has 1 heterocycles. The Morgan fingerprint density at radius 2 is 2.00 bits per heavy atom. The van der Waals surface area contributed by atoms with E-state index >= 15 is 0 Å². The number of rotatable bonds is 3. The molecule has 4 nitrogen and oxygen atoms in total. The molecule has 90 valence electrons. The van der Waals surface area contributed by atoms with Gasteiger partial charge in [0.25, 0.3) is 0 Å². The number of hydrogen-bond donors (Lipinski definition) is 2. The molecule has 0 unspecified atom stereocenters. The summed E-state index contributed by atoms with van der Waals surface area (Å²) < 4.78 is 14.6. The minimum absolute atomic E-state index is 0.164. The first-order valence-corrected chi connectivity index (χ1v) is 5.21. The molecule has 0 amide bonds. The molecule has 17 heavy (non-hydrogen) atoms. The summed E-state index contributed by atoms with van der Waals surface area (Å²) in [7, 11) is 0. The van der Waals surface area contributed by atoms with Gasteiger partial charge < -0.3 is 10.2 Å². The van der Waals surface area contributed by atoms with Gasteiger partial charge in [-0.15, -0.1) is 0 Å². The molecule has 5 heteroatoms. The lowest BCUT2D eigenvalue weighted by molar-refractivity contribution is 0.270. The third-order valence-corrected chi connectivity index (χ3v) is 2.51. The Labute approximate surface area is 97.9 Å². The highest BCUT2D eigenvalue weighted by Crippen LogP contribution is 2.18. The van der Waals surface area contributed by atoms with Crippen LogP contribution in [0.1, 0.15) is 17.0 Å². The third-order valence-electron chi connectivity index (χ3n) is 2.51. The van der Waals surface area contributed by atoms with E-state index in [-0.39, 0.29) is 13.2 Å². The smallest absolute Gasteiger partial charge is 0.123 e. The topological polar surface area (TPSA) is 58.3 Å². The first-order valence-electron chi connectivity index (χ1n) is 5.21. The number of aliphatic hydroxyl groups excluding tert-OH is 2. The van der Waals surface area contributed by atoms with Crippen LogP contribution in [0.25, 0.3) is 5.69 Å². The standard InChI is InChI=1S/C12H13FN2O2/c1-8-4-11(7-17)15(14-8)12-3-2-10(13)5-9(12)6-16/h2-5,16-17H,6-7H2,1H3. The summed E-state index contributed by atoms with van der Waals surface area (Å²) >= 11 is 0. The second kappa shape index (κ2) is 4.65. The van der Waals surface area contributed by atoms with Gasteiger partial charge in [0.2, 0.25) is 0 Å². The maximum absolute atomic E-state index is 13.0. The van der Waals surface area contributed by atoms with Gasteiger partial charge in [0, 0.05) is 5.56 Å². The molecule has 1 aromatic carbocycles. The molecular weight excluding hydrogens is 223 g/mol. The molecular formula is C12H13FN2O2. The number of aromatic nitrogens is 2. The van der Waals surface area contributed by atoms with E-state index in [4.69, 9.17) is 0 Å². The predicted molar refractivity (Wildman–Crippen MR) is 60.1 cm³/mol. The van der Waals surface area contributed by atoms with Crippen LogP contribution in [0, 0.1) is 12.7 Å². The molecule has 1 aromatic heterocycles. The normalized spacial score (nSPS) is 10.8. The quantitative estimate of drug-likeness (QED) is 0.844. The molecule has 2 N–H and O–H groups in total. The van der Waals surface area contributed by atoms with E-state index in [0.29, 0.717) is 16.9 Å². The van der Waals surface area contributed by atoms with Crippen LogP contribution in [0.15, 0.2) is 24.3 Å². The van der Waals surface area contributed by atoms with Crippen LogP contribution in [-0.4, -0.2) is 20.0 Å². The van der Waals surface area contributed by atoms with Gasteiger partial charge in [-0.25, -0.2) is 9.07 Å². The summed E-state index contributed by atoms with van der Waals surface area (Å²) in [5, 5.41) is 22.6. The fourth-order valence-electron chi connectivity index (χ4n) is 1.76. The number of nitrogens with zero attached hydrogens (tertiary/aromatic N) is 2. The van der Waals surface area contributed by atoms with E-state index in [1.165, 1.54) is 22.9 Å². The van der Waals surface area contributed by atoms with Crippen molar-refractivity contribution in [3.05, 3.63) is 47.0 Å². The van der Waals surface area contributed by atoms with Gasteiger partial charge in [-0.1, -0.05) is 0 Å². The molecule has 2 rings (SSSR count). The second-order valence-electron chi connectivity index (χ2n) is 3.78. The van der Waals surface area contributed by atoms with Crippen molar-refractivity contribution < 1.29 is 14.6 Å². The van der Waals surface area contributed by atoms with Crippen molar-refractivity contribution in [3.8, 4) is 5.69 Å². The van der Waals surface area contributed by atoms with Crippen molar-refractivity contribution in [2.45, 2.75) is 20.1 Å². The third kappa shape index (κ3) is 2.20. The monoisotopic (exact) mass is 236 g/mol. The molecule has 0 aliphatic heterocycles. The zero-order valence-corrected chi connectivity index (χ0v) is 9.39. The van der Waals surface area contributed by atoms with Crippen LogP contribution in [0.4, 0.5) is 4.39 Å². The Balaban J connectivity index is 2.59. The SMILES string of the molecule is Cc1cc(CO)n(-c2ccc(F)cc2CO)n1. The fraction of sp³-hybridized carbons (Fsp3) is 0.250. The van der Waals surface area contributed by atoms with Crippen molar-refractivity contribution in [1.82, 2.24) is 9.78 Å². The van der Waals surface area contributed by atoms with Crippen LogP contribution >= 0.6 is 0 Å². The average Bonchev–Trinajstić information content (AvgIpc) is 2.70. The number of halogens is 1. The van der Waals surface area contributed by atoms with Crippen LogP contribution in [0.3, 0.4) is 0 Å². The number of aryl methyl sites for hydroxylation is 1. The van der Waals surface area contributed by atoms with Gasteiger partial charge in [-0.05, 0) is 31.2 Å². The number of benzene rings is 1. The lowest BCUT2D eigenvalue weighted by atomic mass is 10.2. The predicted octanol–water partition coefficient (Wildman–Crippen LogP) is 1.30. The Bertz CT molecular complexity index is 537. The summed E-state index contributed by atoms with van der Waals surface area (Å²) in [6, 6.07) is 5.83. The molecule has 0 spiro atoms. The Hall–Kier alpha value is -1.72. The van der Waals surface area contributed by atoms with Gasteiger partial charge >= 0.3 is 0 Å². The molecule has 0 saturated heterocycles. The van der Waals surface area contributed by atoms with Crippen molar-refractivity contribution in [1.29, 1.82) is 0 Å². The summed E-state index contributed by atoms with van der Waals surface area (Å²) in [4.78, 5) is 0. The molecule has 0 saturated carbocycles. The number of aliphatic hydroxyl groups is 2. The zero-order valence-electron chi connectivity index (χ0n) is 9.39. The van der Waals surface area contributed by atoms with E-state index in [1.807, 2.05) is 0 Å². The maximum atomic E-state index is 13.0. The van der Waals surface area contributed by atoms with Gasteiger partial charge in [0.1, 0.15) is 5.82 Å². The average molecular weight is 236 g/mol. The van der Waals surface area contributed by atoms with E-state index in [9.17, 15) is 14.6 Å². The van der Waals surface area contributed by atoms with E-state index in [0.717, 1.165) is 5.69 Å². The second-order valence-corrected chi connectivity index (χ2v) is 3.78. The lowest BCUT2D eigenvalue weighted by Gasteiger charge is -2.10. The molecule has 0 radical (unpaired) electrons. The summed E-state index contributed by atoms with van der Waals surface area (Å²) in [5.41, 5.74) is 2.36. The Morgan fingerprint density at radius 1 is 1.24 bits per heavy atom. The summed E-state index contributed by atoms with van der Waals surface area (Å²) in [6.45, 7) is 1.36. The summed E-state index contributed by atoms with van der Waals surface area (Å²) in [5.74, 6) is -0.410. The van der Waals surface area contributed by atoms with Crippen molar-refractivity contribution in [2.24, 2.45) is 0 Å². The van der Waals surface area contributed by atoms with Crippen molar-refractivity contribution in [3.63, 3.8) is 0 Å². The minimum atomic E-state index is -0.410. The van der Waals surface area contributed by atoms with Gasteiger partial charge in [-0.2, -0.15) is 5.10 Å². The van der Waals surface area contributed by atoms with E-state index in [2.05, 4.69) is 5.10 Å². The Morgan fingerprint density at radius 3 is 2.65 bits per heavy atom. The maximum Gasteiger partial charge on any atom is 0.123 e. The molecule has 0 aliphatic carbocycles. The van der Waals surface area contributed by atoms with Gasteiger partial charge in [0.15, 0.2) is 0 Å². The van der Waals surface area contributed by atoms with Crippen LogP contribution < -0.4 is 0 Å². The van der Waals surface area contributed by atoms with E-state index in [1.54, 1.807) is 13.0 Å². The molecule has 0 aliphatic rings. The molecule has 0 bridgehead atoms. The minimum Gasteiger partial charge on any atom is -0.392 e. The highest BCUT2D eigenvalue weighted by atomic mass is 19.1. The zero-order chi connectivity index (χ0) is 12.4. The van der Waals surface area contributed by atoms with E-state index < -0.39 is 5.82 Å². The first kappa shape index (κ1) is 11.8. The number of hydrogen-bond acceptors (Lipinski definition) is 3. The molecule has 0 atom stereocenters. The highest BCUT2D eigenvalue weighted by Gasteiger charge is 2.11. The van der Waals surface area contributed by atoms with Gasteiger partial charge in [-0.3, -0.25) is 0 Å². The summed E-state index contributed by atoms with van der Waals surface area (Å²) in [6.07, 6.45) is 0. The highest BCUT2D eigenvalue weighted by molar-refractivity contribution is 5.42. The van der Waals surface area contributed by atoms with Crippen LogP contribution in [0.2, 0.25) is 0 Å². The van der Waals surface area contributed by atoms with Crippen molar-refractivity contribution >= 4 is 0 Å². The van der Waals surface area contributed by atoms with Gasteiger partial charge in [0.05, 0.1) is 30.3 Å². The van der Waals surface area contributed by atoms with Crippen molar-refractivity contribution in [2.75, 3.05) is 0 Å². The Kier molecular flexibility index (Phi) is 3.21. The molecule has 2 aromatic rings. The first-order chi connectivity index (χ1) is 8.15. The fourth-order valence-corrected chi connectivity index (χ4v) is 1.76.